The van der Waals surface area contributed by atoms with Crippen LogP contribution in [0.15, 0.2) is 72.8 Å². The van der Waals surface area contributed by atoms with Crippen LogP contribution in [-0.4, -0.2) is 36.1 Å². The number of piperazine rings is 1. The molecular formula is C29H26F4N4. The van der Waals surface area contributed by atoms with Crippen molar-refractivity contribution in [1.29, 1.82) is 0 Å². The number of hydrogen-bond donors (Lipinski definition) is 0. The van der Waals surface area contributed by atoms with Crippen molar-refractivity contribution in [2.24, 2.45) is 0 Å². The fourth-order valence-corrected chi connectivity index (χ4v) is 4.69. The summed E-state index contributed by atoms with van der Waals surface area (Å²) in [5.74, 6) is -1.45. The first-order chi connectivity index (χ1) is 17.7. The molecule has 0 amide bonds. The Morgan fingerprint density at radius 2 is 1.32 bits per heavy atom. The van der Waals surface area contributed by atoms with E-state index < -0.39 is 17.8 Å². The van der Waals surface area contributed by atoms with Gasteiger partial charge in [-0.1, -0.05) is 42.0 Å². The van der Waals surface area contributed by atoms with Gasteiger partial charge in [-0.2, -0.15) is 13.2 Å². The van der Waals surface area contributed by atoms with Gasteiger partial charge < -0.3 is 9.80 Å². The maximum atomic E-state index is 14.0. The van der Waals surface area contributed by atoms with E-state index in [1.807, 2.05) is 61.2 Å². The number of aromatic nitrogens is 2. The minimum absolute atomic E-state index is 0.129. The molecule has 1 aliphatic rings. The Morgan fingerprint density at radius 1 is 0.703 bits per heavy atom. The highest BCUT2D eigenvalue weighted by Gasteiger charge is 2.38. The summed E-state index contributed by atoms with van der Waals surface area (Å²) in [4.78, 5) is 12.2. The van der Waals surface area contributed by atoms with Crippen LogP contribution in [0, 0.1) is 19.7 Å². The second kappa shape index (κ2) is 9.84. The fraction of sp³-hybridized carbons (Fsp3) is 0.241. The lowest BCUT2D eigenvalue weighted by atomic mass is 9.97. The van der Waals surface area contributed by atoms with Crippen molar-refractivity contribution in [3.05, 3.63) is 95.6 Å². The number of rotatable bonds is 4. The molecule has 3 aromatic carbocycles. The highest BCUT2D eigenvalue weighted by atomic mass is 19.4. The molecule has 0 atom stereocenters. The normalized spacial score (nSPS) is 14.2. The summed E-state index contributed by atoms with van der Waals surface area (Å²) >= 11 is 0. The minimum atomic E-state index is -4.74. The maximum absolute atomic E-state index is 14.0. The first-order valence-corrected chi connectivity index (χ1v) is 12.1. The van der Waals surface area contributed by atoms with Gasteiger partial charge in [0.15, 0.2) is 0 Å². The predicted molar refractivity (Wildman–Crippen MR) is 138 cm³/mol. The van der Waals surface area contributed by atoms with Gasteiger partial charge in [0.1, 0.15) is 11.6 Å². The molecule has 1 saturated heterocycles. The average molecular weight is 507 g/mol. The summed E-state index contributed by atoms with van der Waals surface area (Å²) in [6.07, 6.45) is -4.74. The lowest BCUT2D eigenvalue weighted by molar-refractivity contribution is -0.144. The number of anilines is 2. The Bertz CT molecular complexity index is 1410. The van der Waals surface area contributed by atoms with Gasteiger partial charge in [-0.3, -0.25) is 0 Å². The zero-order valence-corrected chi connectivity index (χ0v) is 20.6. The summed E-state index contributed by atoms with van der Waals surface area (Å²) in [5.41, 5.74) is 4.93. The Hall–Kier alpha value is -3.94. The first-order valence-electron chi connectivity index (χ1n) is 12.1. The molecule has 0 spiro atoms. The fourth-order valence-electron chi connectivity index (χ4n) is 4.69. The van der Waals surface area contributed by atoms with E-state index in [2.05, 4.69) is 20.9 Å². The van der Waals surface area contributed by atoms with Crippen LogP contribution in [0.1, 0.15) is 17.0 Å². The van der Waals surface area contributed by atoms with E-state index in [-0.39, 0.29) is 11.5 Å². The Morgan fingerprint density at radius 3 is 1.95 bits per heavy atom. The second-order valence-corrected chi connectivity index (χ2v) is 9.28. The predicted octanol–water partition coefficient (Wildman–Crippen LogP) is 6.91. The average Bonchev–Trinajstić information content (AvgIpc) is 2.88. The number of halogens is 4. The zero-order chi connectivity index (χ0) is 26.2. The molecule has 0 radical (unpaired) electrons. The highest BCUT2D eigenvalue weighted by molar-refractivity contribution is 5.89. The molecule has 190 valence electrons. The summed E-state index contributed by atoms with van der Waals surface area (Å²) in [6.45, 7) is 6.20. The molecule has 37 heavy (non-hydrogen) atoms. The largest absolute Gasteiger partial charge is 0.451 e. The third-order valence-corrected chi connectivity index (χ3v) is 6.51. The molecule has 0 saturated carbocycles. The van der Waals surface area contributed by atoms with E-state index in [1.165, 1.54) is 24.3 Å². The van der Waals surface area contributed by atoms with Crippen molar-refractivity contribution in [3.8, 4) is 22.4 Å². The van der Waals surface area contributed by atoms with Crippen LogP contribution in [0.4, 0.5) is 29.1 Å². The zero-order valence-electron chi connectivity index (χ0n) is 20.6. The van der Waals surface area contributed by atoms with E-state index >= 15 is 0 Å². The molecule has 1 aliphatic heterocycles. The molecule has 4 aromatic rings. The molecule has 2 heterocycles. The number of alkyl halides is 3. The van der Waals surface area contributed by atoms with E-state index in [0.29, 0.717) is 42.9 Å². The van der Waals surface area contributed by atoms with E-state index in [9.17, 15) is 17.6 Å². The minimum Gasteiger partial charge on any atom is -0.368 e. The first kappa shape index (κ1) is 24.7. The lowest BCUT2D eigenvalue weighted by Crippen LogP contribution is -2.47. The van der Waals surface area contributed by atoms with Crippen molar-refractivity contribution < 1.29 is 17.6 Å². The van der Waals surface area contributed by atoms with Gasteiger partial charge in [-0.05, 0) is 61.4 Å². The molecule has 1 aromatic heterocycles. The molecule has 0 N–H and O–H groups in total. The van der Waals surface area contributed by atoms with Crippen LogP contribution < -0.4 is 9.80 Å². The van der Waals surface area contributed by atoms with Gasteiger partial charge in [0.05, 0.1) is 11.3 Å². The Balaban J connectivity index is 1.63. The van der Waals surface area contributed by atoms with Gasteiger partial charge in [0.25, 0.3) is 0 Å². The van der Waals surface area contributed by atoms with Gasteiger partial charge in [-0.15, -0.1) is 0 Å². The van der Waals surface area contributed by atoms with Gasteiger partial charge in [0.2, 0.25) is 5.82 Å². The summed E-state index contributed by atoms with van der Waals surface area (Å²) < 4.78 is 55.7. The number of hydrogen-bond acceptors (Lipinski definition) is 4. The van der Waals surface area contributed by atoms with Gasteiger partial charge in [0, 0.05) is 37.4 Å². The van der Waals surface area contributed by atoms with Crippen LogP contribution >= 0.6 is 0 Å². The third-order valence-electron chi connectivity index (χ3n) is 6.51. The van der Waals surface area contributed by atoms with Crippen molar-refractivity contribution in [3.63, 3.8) is 0 Å². The SMILES string of the molecule is Cc1cccc(-c2c(-c3ccc(F)cc3)nc(C(F)(F)F)nc2N2CCN(c3cccc(C)c3)CC2)c1. The van der Waals surface area contributed by atoms with E-state index in [0.717, 1.165) is 16.8 Å². The van der Waals surface area contributed by atoms with Crippen LogP contribution in [-0.2, 0) is 6.18 Å². The second-order valence-electron chi connectivity index (χ2n) is 9.28. The molecule has 5 rings (SSSR count). The van der Waals surface area contributed by atoms with Crippen molar-refractivity contribution in [1.82, 2.24) is 9.97 Å². The maximum Gasteiger partial charge on any atom is 0.451 e. The molecule has 1 fully saturated rings. The quantitative estimate of drug-likeness (QED) is 0.282. The summed E-state index contributed by atoms with van der Waals surface area (Å²) in [6, 6.07) is 21.1. The van der Waals surface area contributed by atoms with E-state index in [1.54, 1.807) is 0 Å². The van der Waals surface area contributed by atoms with Crippen LogP contribution in [0.2, 0.25) is 0 Å². The van der Waals surface area contributed by atoms with Crippen LogP contribution in [0.25, 0.3) is 22.4 Å². The molecule has 0 unspecified atom stereocenters. The van der Waals surface area contributed by atoms with Crippen LogP contribution in [0.3, 0.4) is 0 Å². The molecular weight excluding hydrogens is 480 g/mol. The number of nitrogens with zero attached hydrogens (tertiary/aromatic N) is 4. The van der Waals surface area contributed by atoms with E-state index in [4.69, 9.17) is 0 Å². The molecule has 0 bridgehead atoms. The van der Waals surface area contributed by atoms with Crippen molar-refractivity contribution in [2.75, 3.05) is 36.0 Å². The highest BCUT2D eigenvalue weighted by Crippen LogP contribution is 2.41. The standard InChI is InChI=1S/C29H26F4N4/c1-19-5-3-7-22(17-19)25-26(21-9-11-23(30)12-10-21)34-28(29(31,32)33)35-27(25)37-15-13-36(14-16-37)24-8-4-6-20(2)18-24/h3-12,17-18H,13-16H2,1-2H3. The Labute approximate surface area is 213 Å². The van der Waals surface area contributed by atoms with Crippen LogP contribution in [0.5, 0.6) is 0 Å². The van der Waals surface area contributed by atoms with Gasteiger partial charge in [-0.25, -0.2) is 14.4 Å². The lowest BCUT2D eigenvalue weighted by Gasteiger charge is -2.38. The number of benzene rings is 3. The van der Waals surface area contributed by atoms with Crippen molar-refractivity contribution in [2.45, 2.75) is 20.0 Å². The Kier molecular flexibility index (Phi) is 6.58. The molecule has 0 aliphatic carbocycles. The van der Waals surface area contributed by atoms with Crippen molar-refractivity contribution >= 4 is 11.5 Å². The topological polar surface area (TPSA) is 32.3 Å². The van der Waals surface area contributed by atoms with Gasteiger partial charge >= 0.3 is 6.18 Å². The molecule has 4 nitrogen and oxygen atoms in total. The summed E-state index contributed by atoms with van der Waals surface area (Å²) in [5, 5.41) is 0. The third kappa shape index (κ3) is 5.28. The summed E-state index contributed by atoms with van der Waals surface area (Å²) in [7, 11) is 0. The monoisotopic (exact) mass is 506 g/mol. The smallest absolute Gasteiger partial charge is 0.368 e. The molecule has 8 heteroatoms. The number of aryl methyl sites for hydroxylation is 2.